The SMILES string of the molecule is CCCCCC(O)SSO. The Morgan fingerprint density at radius 1 is 1.40 bits per heavy atom. The Morgan fingerprint density at radius 3 is 2.60 bits per heavy atom. The van der Waals surface area contributed by atoms with E-state index in [1.807, 2.05) is 0 Å². The van der Waals surface area contributed by atoms with Crippen molar-refractivity contribution in [1.29, 1.82) is 0 Å². The van der Waals surface area contributed by atoms with Gasteiger partial charge in [-0.15, -0.1) is 0 Å². The van der Waals surface area contributed by atoms with Crippen LogP contribution in [0.5, 0.6) is 0 Å². The maximum Gasteiger partial charge on any atom is 0.111 e. The summed E-state index contributed by atoms with van der Waals surface area (Å²) in [6, 6.07) is 0. The monoisotopic (exact) mass is 182 g/mol. The van der Waals surface area contributed by atoms with E-state index in [1.165, 1.54) is 6.42 Å². The lowest BCUT2D eigenvalue weighted by Crippen LogP contribution is -1.97. The van der Waals surface area contributed by atoms with Gasteiger partial charge in [0.15, 0.2) is 0 Å². The third-order valence-corrected chi connectivity index (χ3v) is 2.68. The third kappa shape index (κ3) is 6.74. The van der Waals surface area contributed by atoms with Gasteiger partial charge in [0.05, 0.1) is 11.1 Å². The Balaban J connectivity index is 2.97. The molecule has 4 heteroatoms. The molecule has 0 saturated heterocycles. The van der Waals surface area contributed by atoms with Gasteiger partial charge in [0.25, 0.3) is 0 Å². The molecule has 0 aromatic heterocycles. The molecule has 0 spiro atoms. The van der Waals surface area contributed by atoms with Crippen LogP contribution in [0.15, 0.2) is 0 Å². The molecule has 1 unspecified atom stereocenters. The van der Waals surface area contributed by atoms with Gasteiger partial charge in [0.1, 0.15) is 5.44 Å². The van der Waals surface area contributed by atoms with Gasteiger partial charge < -0.3 is 9.66 Å². The van der Waals surface area contributed by atoms with Crippen molar-refractivity contribution in [2.45, 2.75) is 38.0 Å². The second kappa shape index (κ2) is 7.72. The predicted octanol–water partition coefficient (Wildman–Crippen LogP) is 2.74. The minimum absolute atomic E-state index is 0.401. The lowest BCUT2D eigenvalue weighted by molar-refractivity contribution is 0.249. The summed E-state index contributed by atoms with van der Waals surface area (Å²) in [7, 11) is 1.11. The van der Waals surface area contributed by atoms with Crippen LogP contribution in [-0.2, 0) is 0 Å². The number of aliphatic hydroxyl groups excluding tert-OH is 1. The summed E-state index contributed by atoms with van der Waals surface area (Å²) < 4.78 is 8.31. The van der Waals surface area contributed by atoms with Crippen molar-refractivity contribution < 1.29 is 9.66 Å². The molecule has 62 valence electrons. The highest BCUT2D eigenvalue weighted by Gasteiger charge is 2.02. The number of rotatable bonds is 6. The molecule has 0 aromatic carbocycles. The molecule has 0 aliphatic heterocycles. The lowest BCUT2D eigenvalue weighted by atomic mass is 10.2. The Kier molecular flexibility index (Phi) is 8.20. The molecule has 0 amide bonds. The Hall–Kier alpha value is 0.620. The minimum Gasteiger partial charge on any atom is -0.382 e. The van der Waals surface area contributed by atoms with E-state index in [4.69, 9.17) is 9.66 Å². The van der Waals surface area contributed by atoms with E-state index in [1.54, 1.807) is 0 Å². The van der Waals surface area contributed by atoms with Gasteiger partial charge in [0.2, 0.25) is 0 Å². The van der Waals surface area contributed by atoms with E-state index in [-0.39, 0.29) is 0 Å². The molecular weight excluding hydrogens is 168 g/mol. The molecule has 0 fully saturated rings. The van der Waals surface area contributed by atoms with E-state index in [0.29, 0.717) is 11.1 Å². The van der Waals surface area contributed by atoms with Crippen molar-refractivity contribution in [2.24, 2.45) is 0 Å². The highest BCUT2D eigenvalue weighted by atomic mass is 33.1. The third-order valence-electron chi connectivity index (χ3n) is 1.21. The number of hydrogen-bond donors (Lipinski definition) is 2. The summed E-state index contributed by atoms with van der Waals surface area (Å²) >= 11 is 0.634. The number of hydrogen-bond acceptors (Lipinski definition) is 4. The standard InChI is InChI=1S/C6H14O2S2/c1-2-3-4-5-6(7)9-10-8/h6-8H,2-5H2,1H3. The van der Waals surface area contributed by atoms with Gasteiger partial charge in [-0.3, -0.25) is 0 Å². The highest BCUT2D eigenvalue weighted by Crippen LogP contribution is 2.24. The summed E-state index contributed by atoms with van der Waals surface area (Å²) in [6.45, 7) is 2.13. The normalized spacial score (nSPS) is 13.5. The molecule has 0 bridgehead atoms. The van der Waals surface area contributed by atoms with E-state index in [9.17, 15) is 0 Å². The van der Waals surface area contributed by atoms with Crippen molar-refractivity contribution in [3.63, 3.8) is 0 Å². The van der Waals surface area contributed by atoms with E-state index in [2.05, 4.69) is 6.92 Å². The summed E-state index contributed by atoms with van der Waals surface area (Å²) in [6.07, 6.45) is 4.16. The molecule has 0 aromatic rings. The Labute approximate surface area is 70.0 Å². The first-order chi connectivity index (χ1) is 4.81. The van der Waals surface area contributed by atoms with E-state index >= 15 is 0 Å². The predicted molar refractivity (Wildman–Crippen MR) is 48.0 cm³/mol. The molecule has 0 aliphatic carbocycles. The quantitative estimate of drug-likeness (QED) is 0.287. The summed E-state index contributed by atoms with van der Waals surface area (Å²) in [4.78, 5) is 0. The molecule has 0 rings (SSSR count). The van der Waals surface area contributed by atoms with Gasteiger partial charge in [-0.1, -0.05) is 19.8 Å². The number of unbranched alkanes of at least 4 members (excludes halogenated alkanes) is 2. The maximum absolute atomic E-state index is 9.06. The molecule has 1 atom stereocenters. The first-order valence-corrected chi connectivity index (χ1v) is 5.63. The van der Waals surface area contributed by atoms with Crippen molar-refractivity contribution in [2.75, 3.05) is 0 Å². The van der Waals surface area contributed by atoms with Crippen LogP contribution < -0.4 is 0 Å². The maximum atomic E-state index is 9.06. The first kappa shape index (κ1) is 10.6. The second-order valence-corrected chi connectivity index (χ2v) is 4.03. The fourth-order valence-corrected chi connectivity index (χ4v) is 1.62. The van der Waals surface area contributed by atoms with Crippen LogP contribution in [0.1, 0.15) is 32.6 Å². The van der Waals surface area contributed by atoms with E-state index < -0.39 is 5.44 Å². The smallest absolute Gasteiger partial charge is 0.111 e. The van der Waals surface area contributed by atoms with Gasteiger partial charge >= 0.3 is 0 Å². The van der Waals surface area contributed by atoms with Crippen molar-refractivity contribution in [1.82, 2.24) is 0 Å². The van der Waals surface area contributed by atoms with Crippen molar-refractivity contribution >= 4 is 21.9 Å². The second-order valence-electron chi connectivity index (χ2n) is 2.12. The average Bonchev–Trinajstić information content (AvgIpc) is 1.89. The zero-order valence-electron chi connectivity index (χ0n) is 6.12. The first-order valence-electron chi connectivity index (χ1n) is 3.46. The minimum atomic E-state index is -0.401. The Bertz CT molecular complexity index is 70.8. The van der Waals surface area contributed by atoms with Crippen molar-refractivity contribution in [3.05, 3.63) is 0 Å². The van der Waals surface area contributed by atoms with Crippen LogP contribution >= 0.6 is 21.9 Å². The highest BCUT2D eigenvalue weighted by molar-refractivity contribution is 8.74. The largest absolute Gasteiger partial charge is 0.382 e. The molecule has 0 heterocycles. The van der Waals surface area contributed by atoms with Crippen LogP contribution in [-0.4, -0.2) is 15.1 Å². The lowest BCUT2D eigenvalue weighted by Gasteiger charge is -2.04. The topological polar surface area (TPSA) is 40.5 Å². The van der Waals surface area contributed by atoms with Crippen LogP contribution in [0.2, 0.25) is 0 Å². The Morgan fingerprint density at radius 2 is 2.10 bits per heavy atom. The number of aliphatic hydroxyl groups is 1. The fraction of sp³-hybridized carbons (Fsp3) is 1.00. The van der Waals surface area contributed by atoms with E-state index in [0.717, 1.165) is 30.1 Å². The molecule has 0 radical (unpaired) electrons. The zero-order chi connectivity index (χ0) is 7.82. The average molecular weight is 182 g/mol. The molecule has 10 heavy (non-hydrogen) atoms. The zero-order valence-corrected chi connectivity index (χ0v) is 7.75. The van der Waals surface area contributed by atoms with Gasteiger partial charge in [0, 0.05) is 0 Å². The van der Waals surface area contributed by atoms with Crippen LogP contribution in [0.3, 0.4) is 0 Å². The summed E-state index contributed by atoms with van der Waals surface area (Å²) in [5.74, 6) is 0. The van der Waals surface area contributed by atoms with Gasteiger partial charge in [-0.05, 0) is 23.6 Å². The molecule has 2 nitrogen and oxygen atoms in total. The molecular formula is C6H14O2S2. The molecule has 0 aliphatic rings. The van der Waals surface area contributed by atoms with Crippen LogP contribution in [0, 0.1) is 0 Å². The van der Waals surface area contributed by atoms with Gasteiger partial charge in [-0.25, -0.2) is 0 Å². The van der Waals surface area contributed by atoms with Gasteiger partial charge in [-0.2, -0.15) is 0 Å². The molecule has 2 N–H and O–H groups in total. The summed E-state index contributed by atoms with van der Waals surface area (Å²) in [5, 5.41) is 9.06. The van der Waals surface area contributed by atoms with Crippen LogP contribution in [0.4, 0.5) is 0 Å². The van der Waals surface area contributed by atoms with Crippen LogP contribution in [0.25, 0.3) is 0 Å². The van der Waals surface area contributed by atoms with Crippen molar-refractivity contribution in [3.8, 4) is 0 Å². The fourth-order valence-electron chi connectivity index (χ4n) is 0.667. The summed E-state index contributed by atoms with van der Waals surface area (Å²) in [5.41, 5.74) is -0.401. The molecule has 0 saturated carbocycles.